The van der Waals surface area contributed by atoms with Crippen LogP contribution >= 0.6 is 0 Å². The van der Waals surface area contributed by atoms with E-state index < -0.39 is 5.41 Å². The second kappa shape index (κ2) is 16.2. The van der Waals surface area contributed by atoms with E-state index in [1.807, 2.05) is 6.07 Å². The largest absolute Gasteiger partial charge is 0.231 e. The first-order valence-corrected chi connectivity index (χ1v) is 23.2. The fraction of sp³-hybridized carbons (Fsp3) is 0.0156. The van der Waals surface area contributed by atoms with E-state index in [9.17, 15) is 0 Å². The summed E-state index contributed by atoms with van der Waals surface area (Å²) in [5.41, 5.74) is 18.9. The molecule has 9 aromatic carbocycles. The van der Waals surface area contributed by atoms with Crippen molar-refractivity contribution in [2.45, 2.75) is 5.41 Å². The molecule has 0 N–H and O–H groups in total. The minimum absolute atomic E-state index is 0.545. The second-order valence-corrected chi connectivity index (χ2v) is 17.5. The third-order valence-electron chi connectivity index (χ3n) is 13.7. The lowest BCUT2D eigenvalue weighted by molar-refractivity contribution is 0.768. The van der Waals surface area contributed by atoms with Crippen LogP contribution in [0.3, 0.4) is 0 Å². The van der Waals surface area contributed by atoms with Gasteiger partial charge in [0.05, 0.1) is 28.0 Å². The van der Waals surface area contributed by atoms with E-state index in [4.69, 9.17) is 15.1 Å². The molecule has 0 spiro atoms. The lowest BCUT2D eigenvalue weighted by atomic mass is 9.67. The minimum atomic E-state index is -0.545. The van der Waals surface area contributed by atoms with E-state index in [0.717, 1.165) is 78.0 Å². The van der Waals surface area contributed by atoms with E-state index in [0.29, 0.717) is 5.82 Å². The van der Waals surface area contributed by atoms with Gasteiger partial charge >= 0.3 is 0 Å². The first-order chi connectivity index (χ1) is 33.7. The molecule has 0 saturated carbocycles. The molecule has 318 valence electrons. The maximum Gasteiger partial charge on any atom is 0.160 e. The first-order valence-electron chi connectivity index (χ1n) is 23.2. The normalized spacial score (nSPS) is 12.5. The average molecular weight is 867 g/mol. The molecule has 0 bridgehead atoms. The predicted octanol–water partition coefficient (Wildman–Crippen LogP) is 15.6. The van der Waals surface area contributed by atoms with E-state index in [1.54, 1.807) is 0 Å². The quantitative estimate of drug-likeness (QED) is 0.153. The van der Waals surface area contributed by atoms with Gasteiger partial charge in [-0.15, -0.1) is 0 Å². The van der Waals surface area contributed by atoms with E-state index in [2.05, 4.69) is 253 Å². The maximum absolute atomic E-state index is 5.49. The number of benzene rings is 9. The summed E-state index contributed by atoms with van der Waals surface area (Å²) in [7, 11) is 0. The van der Waals surface area contributed by atoms with Crippen LogP contribution in [0.25, 0.3) is 95.0 Å². The summed E-state index contributed by atoms with van der Waals surface area (Å²) in [6.45, 7) is 0. The molecule has 12 aromatic rings. The highest BCUT2D eigenvalue weighted by atomic mass is 15.2. The van der Waals surface area contributed by atoms with E-state index in [1.165, 1.54) is 33.4 Å². The van der Waals surface area contributed by atoms with Gasteiger partial charge in [0.25, 0.3) is 0 Å². The summed E-state index contributed by atoms with van der Waals surface area (Å²) >= 11 is 0. The predicted molar refractivity (Wildman–Crippen MR) is 278 cm³/mol. The summed E-state index contributed by atoms with van der Waals surface area (Å²) in [5.74, 6) is 0.667. The molecule has 3 heterocycles. The molecule has 13 rings (SSSR count). The lowest BCUT2D eigenvalue weighted by Crippen LogP contribution is -2.28. The Balaban J connectivity index is 1.02. The zero-order valence-corrected chi connectivity index (χ0v) is 37.0. The van der Waals surface area contributed by atoms with E-state index >= 15 is 0 Å². The van der Waals surface area contributed by atoms with Crippen LogP contribution < -0.4 is 0 Å². The van der Waals surface area contributed by atoms with Crippen LogP contribution in [0.5, 0.6) is 0 Å². The van der Waals surface area contributed by atoms with Crippen LogP contribution in [-0.4, -0.2) is 19.6 Å². The van der Waals surface area contributed by atoms with Crippen molar-refractivity contribution >= 4 is 16.3 Å². The zero-order chi connectivity index (χ0) is 45.0. The molecule has 0 fully saturated rings. The number of rotatable bonds is 8. The number of hydrogen-bond acceptors (Lipinski definition) is 3. The third-order valence-corrected chi connectivity index (χ3v) is 13.7. The molecule has 1 aliphatic rings. The fourth-order valence-electron chi connectivity index (χ4n) is 10.7. The van der Waals surface area contributed by atoms with Crippen LogP contribution in [0.15, 0.2) is 255 Å². The van der Waals surface area contributed by atoms with Gasteiger partial charge in [0, 0.05) is 38.8 Å². The fourth-order valence-corrected chi connectivity index (χ4v) is 10.7. The zero-order valence-electron chi connectivity index (χ0n) is 37.0. The second-order valence-electron chi connectivity index (χ2n) is 17.5. The molecule has 0 unspecified atom stereocenters. The molecule has 4 heteroatoms. The van der Waals surface area contributed by atoms with Crippen molar-refractivity contribution in [2.75, 3.05) is 0 Å². The SMILES string of the molecule is c1ccc(-c2cc(-c3cccc(-c4cc5ccccc5c5c(-c6ccccc6)c(-c6ccccc6)nn45)c3)nc(-c3ccc4c(c3)C(c3ccccc3)(c3ccccc3)c3ccccc3-4)n2)cc1. The first kappa shape index (κ1) is 39.4. The number of pyridine rings is 1. The third kappa shape index (κ3) is 6.34. The minimum Gasteiger partial charge on any atom is -0.231 e. The van der Waals surface area contributed by atoms with Gasteiger partial charge in [-0.1, -0.05) is 231 Å². The molecule has 4 nitrogen and oxygen atoms in total. The van der Waals surface area contributed by atoms with Crippen LogP contribution in [0, 0.1) is 0 Å². The van der Waals surface area contributed by atoms with Crippen LogP contribution in [-0.2, 0) is 5.41 Å². The molecule has 68 heavy (non-hydrogen) atoms. The lowest BCUT2D eigenvalue weighted by Gasteiger charge is -2.34. The molecule has 0 saturated heterocycles. The van der Waals surface area contributed by atoms with Gasteiger partial charge in [-0.3, -0.25) is 0 Å². The highest BCUT2D eigenvalue weighted by molar-refractivity contribution is 6.08. The van der Waals surface area contributed by atoms with Gasteiger partial charge in [0.1, 0.15) is 5.69 Å². The molecule has 3 aromatic heterocycles. The van der Waals surface area contributed by atoms with Gasteiger partial charge < -0.3 is 0 Å². The highest BCUT2D eigenvalue weighted by Gasteiger charge is 2.46. The van der Waals surface area contributed by atoms with Crippen LogP contribution in [0.1, 0.15) is 22.3 Å². The summed E-state index contributed by atoms with van der Waals surface area (Å²) in [6.07, 6.45) is 0. The highest BCUT2D eigenvalue weighted by Crippen LogP contribution is 2.56. The number of aromatic nitrogens is 4. The van der Waals surface area contributed by atoms with Crippen molar-refractivity contribution in [1.82, 2.24) is 19.6 Å². The Labute approximate surface area is 395 Å². The van der Waals surface area contributed by atoms with Crippen molar-refractivity contribution in [3.63, 3.8) is 0 Å². The smallest absolute Gasteiger partial charge is 0.160 e. The average Bonchev–Trinajstić information content (AvgIpc) is 3.97. The van der Waals surface area contributed by atoms with Gasteiger partial charge in [-0.25, -0.2) is 14.5 Å². The Kier molecular flexibility index (Phi) is 9.36. The maximum atomic E-state index is 5.49. The van der Waals surface area contributed by atoms with Gasteiger partial charge in [0.15, 0.2) is 5.82 Å². The van der Waals surface area contributed by atoms with Crippen molar-refractivity contribution in [3.05, 3.63) is 277 Å². The van der Waals surface area contributed by atoms with Crippen LogP contribution in [0.4, 0.5) is 0 Å². The van der Waals surface area contributed by atoms with Gasteiger partial charge in [-0.2, -0.15) is 5.10 Å². The standard InChI is InChI=1S/C64H42N4/c1-6-21-43(22-7-1)57-42-58(66-63(65-57)49-37-38-54-53-35-18-19-36-55(53)64(56(54)40-49,50-30-12-4-13-31-50)51-32-14-5-15-33-51)47-28-20-29-48(39-47)59-41-46-27-16-17-34-52(46)62-60(44-23-8-2-9-24-44)61(67-68(59)62)45-25-10-3-11-26-45/h1-42H. The summed E-state index contributed by atoms with van der Waals surface area (Å²) in [6, 6.07) is 90.9. The van der Waals surface area contributed by atoms with Gasteiger partial charge in [0.2, 0.25) is 0 Å². The van der Waals surface area contributed by atoms with Crippen molar-refractivity contribution in [2.24, 2.45) is 0 Å². The van der Waals surface area contributed by atoms with Gasteiger partial charge in [-0.05, 0) is 68.6 Å². The molecule has 0 amide bonds. The Bertz CT molecular complexity index is 3790. The van der Waals surface area contributed by atoms with E-state index in [-0.39, 0.29) is 0 Å². The number of fused-ring (bicyclic) bond motifs is 6. The summed E-state index contributed by atoms with van der Waals surface area (Å²) in [5, 5.41) is 7.78. The Morgan fingerprint density at radius 1 is 0.353 bits per heavy atom. The number of hydrogen-bond donors (Lipinski definition) is 0. The Hall–Kier alpha value is -8.99. The molecule has 0 aliphatic heterocycles. The van der Waals surface area contributed by atoms with Crippen LogP contribution in [0.2, 0.25) is 0 Å². The molecule has 1 aliphatic carbocycles. The molecular weight excluding hydrogens is 825 g/mol. The molecule has 0 atom stereocenters. The van der Waals surface area contributed by atoms with Crippen molar-refractivity contribution in [1.29, 1.82) is 0 Å². The molecular formula is C64H42N4. The number of nitrogens with zero attached hydrogens (tertiary/aromatic N) is 4. The summed E-state index contributed by atoms with van der Waals surface area (Å²) < 4.78 is 2.15. The topological polar surface area (TPSA) is 43.1 Å². The Morgan fingerprint density at radius 2 is 0.897 bits per heavy atom. The Morgan fingerprint density at radius 3 is 1.60 bits per heavy atom. The van der Waals surface area contributed by atoms with Crippen molar-refractivity contribution < 1.29 is 0 Å². The van der Waals surface area contributed by atoms with Crippen molar-refractivity contribution in [3.8, 4) is 78.7 Å². The molecule has 0 radical (unpaired) electrons. The monoisotopic (exact) mass is 866 g/mol. The summed E-state index contributed by atoms with van der Waals surface area (Å²) in [4.78, 5) is 10.8.